The quantitative estimate of drug-likeness (QED) is 0.575. The number of ether oxygens (including phenoxy) is 2. The predicted molar refractivity (Wildman–Crippen MR) is 110 cm³/mol. The van der Waals surface area contributed by atoms with Gasteiger partial charge in [0.05, 0.1) is 7.11 Å². The molecule has 2 aromatic carbocycles. The lowest BCUT2D eigenvalue weighted by molar-refractivity contribution is -0.153. The summed E-state index contributed by atoms with van der Waals surface area (Å²) in [5.41, 5.74) is 3.40. The summed E-state index contributed by atoms with van der Waals surface area (Å²) in [6.07, 6.45) is -0.154. The van der Waals surface area contributed by atoms with Crippen molar-refractivity contribution in [3.8, 4) is 11.5 Å². The highest BCUT2D eigenvalue weighted by Gasteiger charge is 2.28. The van der Waals surface area contributed by atoms with Crippen molar-refractivity contribution in [2.45, 2.75) is 31.5 Å². The zero-order valence-electron chi connectivity index (χ0n) is 16.8. The summed E-state index contributed by atoms with van der Waals surface area (Å²) < 4.78 is 47.3. The number of fused-ring (bicyclic) bond motifs is 1. The highest BCUT2D eigenvalue weighted by atomic mass is 19.4. The minimum Gasteiger partial charge on any atom is -0.497 e. The maximum Gasteiger partial charge on any atom is 0.422 e. The number of piperidine rings is 1. The Kier molecular flexibility index (Phi) is 5.90. The molecule has 2 heterocycles. The monoisotopic (exact) mass is 418 g/mol. The molecule has 4 nitrogen and oxygen atoms in total. The van der Waals surface area contributed by atoms with Gasteiger partial charge in [-0.1, -0.05) is 12.1 Å². The van der Waals surface area contributed by atoms with Crippen LogP contribution < -0.4 is 9.47 Å². The van der Waals surface area contributed by atoms with E-state index < -0.39 is 12.8 Å². The fourth-order valence-electron chi connectivity index (χ4n) is 4.15. The molecule has 1 saturated heterocycles. The maximum absolute atomic E-state index is 12.4. The van der Waals surface area contributed by atoms with E-state index in [1.165, 1.54) is 10.9 Å². The van der Waals surface area contributed by atoms with Crippen LogP contribution in [0.3, 0.4) is 0 Å². The van der Waals surface area contributed by atoms with Gasteiger partial charge in [-0.25, -0.2) is 0 Å². The van der Waals surface area contributed by atoms with Gasteiger partial charge in [0.2, 0.25) is 0 Å². The topological polar surface area (TPSA) is 37.5 Å². The number of hydrogen-bond acceptors (Lipinski definition) is 3. The van der Waals surface area contributed by atoms with Crippen molar-refractivity contribution in [2.75, 3.05) is 26.8 Å². The smallest absolute Gasteiger partial charge is 0.422 e. The minimum atomic E-state index is -4.33. The molecule has 0 spiro atoms. The number of nitrogens with zero attached hydrogens (tertiary/aromatic N) is 1. The van der Waals surface area contributed by atoms with E-state index >= 15 is 0 Å². The van der Waals surface area contributed by atoms with Crippen molar-refractivity contribution < 1.29 is 22.6 Å². The molecule has 1 aromatic heterocycles. The summed E-state index contributed by atoms with van der Waals surface area (Å²) in [5, 5.41) is 1.21. The first kappa shape index (κ1) is 20.6. The Bertz CT molecular complexity index is 992. The van der Waals surface area contributed by atoms with Crippen LogP contribution in [0.5, 0.6) is 11.5 Å². The fraction of sp³-hybridized carbons (Fsp3) is 0.391. The second-order valence-electron chi connectivity index (χ2n) is 7.76. The SMILES string of the molecule is COc1ccc2[nH]cc(C3CCN(Cc4cccc(OCC(F)(F)F)c4)CC3)c2c1. The first-order valence-corrected chi connectivity index (χ1v) is 10.1. The van der Waals surface area contributed by atoms with Gasteiger partial charge in [-0.15, -0.1) is 0 Å². The van der Waals surface area contributed by atoms with Crippen molar-refractivity contribution in [2.24, 2.45) is 0 Å². The molecular formula is C23H25F3N2O2. The third-order valence-electron chi connectivity index (χ3n) is 5.66. The largest absolute Gasteiger partial charge is 0.497 e. The number of hydrogen-bond donors (Lipinski definition) is 1. The number of likely N-dealkylation sites (tertiary alicyclic amines) is 1. The lowest BCUT2D eigenvalue weighted by Gasteiger charge is -2.32. The van der Waals surface area contributed by atoms with Crippen molar-refractivity contribution in [1.29, 1.82) is 0 Å². The zero-order chi connectivity index (χ0) is 21.1. The molecule has 0 aliphatic carbocycles. The zero-order valence-corrected chi connectivity index (χ0v) is 16.8. The van der Waals surface area contributed by atoms with E-state index in [4.69, 9.17) is 9.47 Å². The molecule has 0 radical (unpaired) electrons. The van der Waals surface area contributed by atoms with E-state index in [0.29, 0.717) is 12.5 Å². The molecule has 1 aliphatic heterocycles. The number of benzene rings is 2. The van der Waals surface area contributed by atoms with Gasteiger partial charge in [0, 0.05) is 23.6 Å². The Hall–Kier alpha value is -2.67. The molecule has 30 heavy (non-hydrogen) atoms. The van der Waals surface area contributed by atoms with Crippen molar-refractivity contribution >= 4 is 10.9 Å². The Morgan fingerprint density at radius 2 is 1.87 bits per heavy atom. The van der Waals surface area contributed by atoms with E-state index in [9.17, 15) is 13.2 Å². The summed E-state index contributed by atoms with van der Waals surface area (Å²) in [5.74, 6) is 1.59. The van der Waals surface area contributed by atoms with Crippen LogP contribution >= 0.6 is 0 Å². The van der Waals surface area contributed by atoms with Gasteiger partial charge >= 0.3 is 6.18 Å². The first-order chi connectivity index (χ1) is 14.4. The van der Waals surface area contributed by atoms with Crippen LogP contribution in [-0.2, 0) is 6.54 Å². The predicted octanol–water partition coefficient (Wildman–Crippen LogP) is 5.50. The summed E-state index contributed by atoms with van der Waals surface area (Å²) in [6, 6.07) is 13.0. The molecule has 7 heteroatoms. The van der Waals surface area contributed by atoms with Crippen LogP contribution in [0.25, 0.3) is 10.9 Å². The van der Waals surface area contributed by atoms with Gasteiger partial charge in [-0.2, -0.15) is 13.2 Å². The van der Waals surface area contributed by atoms with Crippen molar-refractivity contribution in [1.82, 2.24) is 9.88 Å². The van der Waals surface area contributed by atoms with E-state index in [-0.39, 0.29) is 5.75 Å². The Labute approximate surface area is 173 Å². The van der Waals surface area contributed by atoms with Crippen molar-refractivity contribution in [3.05, 3.63) is 59.8 Å². The normalized spacial score (nSPS) is 16.1. The molecular weight excluding hydrogens is 393 g/mol. The maximum atomic E-state index is 12.4. The third-order valence-corrected chi connectivity index (χ3v) is 5.66. The molecule has 1 N–H and O–H groups in total. The Balaban J connectivity index is 1.36. The van der Waals surface area contributed by atoms with E-state index in [0.717, 1.165) is 42.8 Å². The van der Waals surface area contributed by atoms with E-state index in [1.54, 1.807) is 25.3 Å². The molecule has 4 rings (SSSR count). The van der Waals surface area contributed by atoms with Gasteiger partial charge in [-0.3, -0.25) is 4.90 Å². The Morgan fingerprint density at radius 1 is 1.07 bits per heavy atom. The van der Waals surface area contributed by atoms with Gasteiger partial charge in [0.15, 0.2) is 6.61 Å². The second kappa shape index (κ2) is 8.60. The summed E-state index contributed by atoms with van der Waals surface area (Å²) in [4.78, 5) is 5.70. The fourth-order valence-corrected chi connectivity index (χ4v) is 4.15. The number of rotatable bonds is 6. The number of alkyl halides is 3. The molecule has 0 bridgehead atoms. The van der Waals surface area contributed by atoms with E-state index in [1.807, 2.05) is 18.2 Å². The molecule has 1 fully saturated rings. The molecule has 0 amide bonds. The highest BCUT2D eigenvalue weighted by molar-refractivity contribution is 5.85. The highest BCUT2D eigenvalue weighted by Crippen LogP contribution is 2.35. The number of nitrogens with one attached hydrogen (secondary N) is 1. The lowest BCUT2D eigenvalue weighted by Crippen LogP contribution is -2.32. The van der Waals surface area contributed by atoms with Crippen LogP contribution in [0, 0.1) is 0 Å². The molecule has 1 aliphatic rings. The van der Waals surface area contributed by atoms with Gasteiger partial charge in [-0.05, 0) is 73.3 Å². The van der Waals surface area contributed by atoms with Gasteiger partial charge in [0.25, 0.3) is 0 Å². The number of methoxy groups -OCH3 is 1. The number of H-pyrrole nitrogens is 1. The van der Waals surface area contributed by atoms with Crippen LogP contribution in [0.4, 0.5) is 13.2 Å². The molecule has 0 saturated carbocycles. The lowest BCUT2D eigenvalue weighted by atomic mass is 9.89. The molecule has 3 aromatic rings. The van der Waals surface area contributed by atoms with Crippen LogP contribution in [0.1, 0.15) is 29.9 Å². The van der Waals surface area contributed by atoms with Crippen LogP contribution in [0.15, 0.2) is 48.7 Å². The number of aromatic amines is 1. The summed E-state index contributed by atoms with van der Waals surface area (Å²) in [6.45, 7) is 1.32. The third kappa shape index (κ3) is 4.90. The standard InChI is InChI=1S/C23H25F3N2O2/c1-29-18-5-6-22-20(12-18)21(13-27-22)17-7-9-28(10-8-17)14-16-3-2-4-19(11-16)30-15-23(24,25)26/h2-6,11-13,17,27H,7-10,14-15H2,1H3. The van der Waals surface area contributed by atoms with Crippen LogP contribution in [-0.4, -0.2) is 42.9 Å². The first-order valence-electron chi connectivity index (χ1n) is 10.1. The van der Waals surface area contributed by atoms with Gasteiger partial charge in [0.1, 0.15) is 11.5 Å². The summed E-state index contributed by atoms with van der Waals surface area (Å²) >= 11 is 0. The van der Waals surface area contributed by atoms with Crippen LogP contribution in [0.2, 0.25) is 0 Å². The molecule has 160 valence electrons. The minimum absolute atomic E-state index is 0.257. The average molecular weight is 418 g/mol. The number of halogens is 3. The summed E-state index contributed by atoms with van der Waals surface area (Å²) in [7, 11) is 1.68. The Morgan fingerprint density at radius 3 is 2.60 bits per heavy atom. The number of aromatic nitrogens is 1. The molecule has 0 atom stereocenters. The van der Waals surface area contributed by atoms with Crippen molar-refractivity contribution in [3.63, 3.8) is 0 Å². The average Bonchev–Trinajstić information content (AvgIpc) is 3.16. The molecule has 0 unspecified atom stereocenters. The second-order valence-corrected chi connectivity index (χ2v) is 7.76. The van der Waals surface area contributed by atoms with Gasteiger partial charge < -0.3 is 14.5 Å². The van der Waals surface area contributed by atoms with E-state index in [2.05, 4.69) is 22.1 Å².